The van der Waals surface area contributed by atoms with Crippen LogP contribution in [0.3, 0.4) is 0 Å². The van der Waals surface area contributed by atoms with Gasteiger partial charge >= 0.3 is 0 Å². The van der Waals surface area contributed by atoms with E-state index in [9.17, 15) is 14.4 Å². The van der Waals surface area contributed by atoms with Gasteiger partial charge in [0.2, 0.25) is 11.8 Å². The molecule has 0 bridgehead atoms. The summed E-state index contributed by atoms with van der Waals surface area (Å²) < 4.78 is 0. The molecule has 1 heterocycles. The van der Waals surface area contributed by atoms with Crippen LogP contribution in [-0.4, -0.2) is 49.3 Å². The Labute approximate surface area is 122 Å². The molecule has 0 aliphatic carbocycles. The smallest absolute Gasteiger partial charge is 0.251 e. The van der Waals surface area contributed by atoms with Crippen LogP contribution in [0, 0.1) is 0 Å². The molecule has 3 amide bonds. The number of carbonyl (C=O) groups excluding carboxylic acids is 3. The van der Waals surface area contributed by atoms with Gasteiger partial charge in [0.25, 0.3) is 5.91 Å². The van der Waals surface area contributed by atoms with Crippen molar-refractivity contribution in [3.8, 4) is 0 Å². The molecule has 0 radical (unpaired) electrons. The second-order valence-electron chi connectivity index (χ2n) is 4.64. The van der Waals surface area contributed by atoms with E-state index in [1.165, 1.54) is 11.0 Å². The molecule has 2 N–H and O–H groups in total. The molecular weight excluding hydrogens is 270 g/mol. The van der Waals surface area contributed by atoms with Crippen LogP contribution in [0.5, 0.6) is 0 Å². The molecule has 110 valence electrons. The van der Waals surface area contributed by atoms with Crippen molar-refractivity contribution in [1.29, 1.82) is 0 Å². The van der Waals surface area contributed by atoms with Gasteiger partial charge < -0.3 is 15.5 Å². The highest BCUT2D eigenvalue weighted by molar-refractivity contribution is 5.96. The maximum atomic E-state index is 11.9. The summed E-state index contributed by atoms with van der Waals surface area (Å²) in [5.74, 6) is -0.487. The average Bonchev–Trinajstić information content (AvgIpc) is 2.52. The van der Waals surface area contributed by atoms with Crippen LogP contribution in [-0.2, 0) is 9.59 Å². The molecule has 0 atom stereocenters. The third-order valence-corrected chi connectivity index (χ3v) is 3.17. The number of amides is 3. The molecule has 1 saturated heterocycles. The van der Waals surface area contributed by atoms with Crippen LogP contribution in [0.2, 0.25) is 0 Å². The minimum absolute atomic E-state index is 0.0960. The largest absolute Gasteiger partial charge is 0.355 e. The second-order valence-corrected chi connectivity index (χ2v) is 4.64. The highest BCUT2D eigenvalue weighted by atomic mass is 16.2. The number of benzene rings is 1. The minimum atomic E-state index is -0.194. The summed E-state index contributed by atoms with van der Waals surface area (Å²) in [6.07, 6.45) is 3.11. The Morgan fingerprint density at radius 2 is 2.00 bits per heavy atom. The van der Waals surface area contributed by atoms with Crippen molar-refractivity contribution < 1.29 is 14.4 Å². The first-order chi connectivity index (χ1) is 10.1. The number of hydrogen-bond acceptors (Lipinski definition) is 3. The minimum Gasteiger partial charge on any atom is -0.355 e. The lowest BCUT2D eigenvalue weighted by molar-refractivity contribution is -0.134. The average molecular weight is 287 g/mol. The first-order valence-corrected chi connectivity index (χ1v) is 6.66. The van der Waals surface area contributed by atoms with E-state index in [4.69, 9.17) is 0 Å². The van der Waals surface area contributed by atoms with Crippen molar-refractivity contribution in [3.63, 3.8) is 0 Å². The summed E-state index contributed by atoms with van der Waals surface area (Å²) in [4.78, 5) is 36.0. The summed E-state index contributed by atoms with van der Waals surface area (Å²) in [6.45, 7) is 1.10. The molecule has 0 aromatic heterocycles. The first-order valence-electron chi connectivity index (χ1n) is 6.66. The van der Waals surface area contributed by atoms with Crippen LogP contribution < -0.4 is 10.6 Å². The summed E-state index contributed by atoms with van der Waals surface area (Å²) in [5, 5.41) is 5.21. The maximum Gasteiger partial charge on any atom is 0.251 e. The van der Waals surface area contributed by atoms with Gasteiger partial charge in [-0.15, -0.1) is 0 Å². The Morgan fingerprint density at radius 3 is 2.62 bits per heavy atom. The predicted octanol–water partition coefficient (Wildman–Crippen LogP) is 0.0178. The van der Waals surface area contributed by atoms with Crippen molar-refractivity contribution >= 4 is 23.8 Å². The van der Waals surface area contributed by atoms with Gasteiger partial charge in [0, 0.05) is 31.8 Å². The highest BCUT2D eigenvalue weighted by Crippen LogP contribution is 2.07. The third kappa shape index (κ3) is 3.92. The summed E-state index contributed by atoms with van der Waals surface area (Å²) >= 11 is 0. The zero-order valence-electron chi connectivity index (χ0n) is 11.8. The van der Waals surface area contributed by atoms with Gasteiger partial charge in [0.1, 0.15) is 0 Å². The van der Waals surface area contributed by atoms with Crippen LogP contribution in [0.25, 0.3) is 6.08 Å². The van der Waals surface area contributed by atoms with Crippen LogP contribution >= 0.6 is 0 Å². The molecule has 0 spiro atoms. The molecule has 1 fully saturated rings. The fraction of sp³-hybridized carbons (Fsp3) is 0.267. The van der Waals surface area contributed by atoms with E-state index in [-0.39, 0.29) is 24.3 Å². The first kappa shape index (κ1) is 14.8. The Bertz CT molecular complexity index is 578. The fourth-order valence-electron chi connectivity index (χ4n) is 1.99. The number of nitrogens with zero attached hydrogens (tertiary/aromatic N) is 1. The predicted molar refractivity (Wildman–Crippen MR) is 78.5 cm³/mol. The molecule has 0 unspecified atom stereocenters. The topological polar surface area (TPSA) is 78.5 Å². The van der Waals surface area contributed by atoms with E-state index in [1.807, 2.05) is 0 Å². The van der Waals surface area contributed by atoms with Gasteiger partial charge in [-0.3, -0.25) is 14.4 Å². The molecular formula is C15H17N3O3. The lowest BCUT2D eigenvalue weighted by atomic mass is 10.1. The van der Waals surface area contributed by atoms with Crippen molar-refractivity contribution in [2.24, 2.45) is 0 Å². The number of rotatable bonds is 3. The molecule has 6 nitrogen and oxygen atoms in total. The van der Waals surface area contributed by atoms with Crippen LogP contribution in [0.1, 0.15) is 15.9 Å². The van der Waals surface area contributed by atoms with Crippen LogP contribution in [0.4, 0.5) is 0 Å². The molecule has 1 aliphatic heterocycles. The third-order valence-electron chi connectivity index (χ3n) is 3.17. The molecule has 1 aromatic rings. The molecule has 1 aliphatic rings. The molecule has 6 heteroatoms. The van der Waals surface area contributed by atoms with Gasteiger partial charge in [0.05, 0.1) is 6.54 Å². The van der Waals surface area contributed by atoms with Gasteiger partial charge in [-0.25, -0.2) is 0 Å². The number of hydrogen-bond donors (Lipinski definition) is 2. The fourth-order valence-corrected chi connectivity index (χ4v) is 1.99. The Hall–Kier alpha value is -2.63. The van der Waals surface area contributed by atoms with Crippen LogP contribution in [0.15, 0.2) is 30.3 Å². The number of carbonyl (C=O) groups is 3. The SMILES string of the molecule is CNC(=O)c1ccc(/C=C/C(=O)N2CCNC(=O)C2)cc1. The standard InChI is InChI=1S/C15H17N3O3/c1-16-15(21)12-5-2-11(3-6-12)4-7-14(20)18-9-8-17-13(19)10-18/h2-7H,8-10H2,1H3,(H,16,21)(H,17,19)/b7-4+. The zero-order valence-corrected chi connectivity index (χ0v) is 11.8. The number of nitrogens with one attached hydrogen (secondary N) is 2. The van der Waals surface area contributed by atoms with E-state index in [1.54, 1.807) is 37.4 Å². The Kier molecular flexibility index (Phi) is 4.71. The Balaban J connectivity index is 1.98. The molecule has 2 rings (SSSR count). The van der Waals surface area contributed by atoms with Crippen molar-refractivity contribution in [2.75, 3.05) is 26.7 Å². The van der Waals surface area contributed by atoms with E-state index >= 15 is 0 Å². The Morgan fingerprint density at radius 1 is 1.29 bits per heavy atom. The molecule has 1 aromatic carbocycles. The highest BCUT2D eigenvalue weighted by Gasteiger charge is 2.18. The van der Waals surface area contributed by atoms with E-state index in [0.29, 0.717) is 18.7 Å². The number of piperazine rings is 1. The lowest BCUT2D eigenvalue weighted by Crippen LogP contribution is -2.49. The van der Waals surface area contributed by atoms with E-state index in [2.05, 4.69) is 10.6 Å². The summed E-state index contributed by atoms with van der Waals surface area (Å²) in [6, 6.07) is 6.91. The monoisotopic (exact) mass is 287 g/mol. The van der Waals surface area contributed by atoms with E-state index in [0.717, 1.165) is 5.56 Å². The van der Waals surface area contributed by atoms with Crippen molar-refractivity contribution in [1.82, 2.24) is 15.5 Å². The summed E-state index contributed by atoms with van der Waals surface area (Å²) in [7, 11) is 1.57. The normalized spacial score (nSPS) is 14.9. The zero-order chi connectivity index (χ0) is 15.2. The molecule has 0 saturated carbocycles. The van der Waals surface area contributed by atoms with Gasteiger partial charge in [-0.2, -0.15) is 0 Å². The van der Waals surface area contributed by atoms with Crippen molar-refractivity contribution in [3.05, 3.63) is 41.5 Å². The quantitative estimate of drug-likeness (QED) is 0.769. The van der Waals surface area contributed by atoms with Gasteiger partial charge in [-0.1, -0.05) is 12.1 Å². The molecule has 21 heavy (non-hydrogen) atoms. The van der Waals surface area contributed by atoms with E-state index < -0.39 is 0 Å². The maximum absolute atomic E-state index is 11.9. The van der Waals surface area contributed by atoms with Gasteiger partial charge in [0.15, 0.2) is 0 Å². The van der Waals surface area contributed by atoms with Crippen molar-refractivity contribution in [2.45, 2.75) is 0 Å². The summed E-state index contributed by atoms with van der Waals surface area (Å²) in [5.41, 5.74) is 1.38. The second kappa shape index (κ2) is 6.69. The lowest BCUT2D eigenvalue weighted by Gasteiger charge is -2.25. The van der Waals surface area contributed by atoms with Gasteiger partial charge in [-0.05, 0) is 23.8 Å².